The Morgan fingerprint density at radius 2 is 2.00 bits per heavy atom. The predicted molar refractivity (Wildman–Crippen MR) is 62.1 cm³/mol. The molecule has 0 fully saturated rings. The molecule has 0 N–H and O–H groups in total. The Labute approximate surface area is 94.5 Å². The van der Waals surface area contributed by atoms with Crippen LogP contribution in [-0.2, 0) is 0 Å². The Kier molecular flexibility index (Phi) is 4.20. The van der Waals surface area contributed by atoms with Gasteiger partial charge in [0.2, 0.25) is 0 Å². The Hall–Kier alpha value is -0.280. The number of thioether (sulfide) groups is 1. The zero-order valence-electron chi connectivity index (χ0n) is 8.97. The van der Waals surface area contributed by atoms with Gasteiger partial charge in [-0.1, -0.05) is 25.4 Å². The number of hydrogen-bond acceptors (Lipinski definition) is 3. The average molecular weight is 231 g/mol. The van der Waals surface area contributed by atoms with Crippen LogP contribution in [-0.4, -0.2) is 15.2 Å². The summed E-state index contributed by atoms with van der Waals surface area (Å²) in [7, 11) is 0. The van der Waals surface area contributed by atoms with Crippen LogP contribution in [0.4, 0.5) is 0 Å². The van der Waals surface area contributed by atoms with Crippen molar-refractivity contribution in [3.8, 4) is 0 Å². The molecule has 0 saturated heterocycles. The Balaban J connectivity index is 2.96. The summed E-state index contributed by atoms with van der Waals surface area (Å²) in [5.74, 6) is 0.742. The minimum absolute atomic E-state index is 0.569. The van der Waals surface area contributed by atoms with Crippen LogP contribution >= 0.6 is 23.4 Å². The maximum absolute atomic E-state index is 5.98. The maximum atomic E-state index is 5.98. The molecule has 1 heterocycles. The zero-order valence-corrected chi connectivity index (χ0v) is 10.5. The summed E-state index contributed by atoms with van der Waals surface area (Å²) in [5.41, 5.74) is 0.988. The second kappa shape index (κ2) is 4.99. The van der Waals surface area contributed by atoms with Crippen LogP contribution < -0.4 is 0 Å². The van der Waals surface area contributed by atoms with Gasteiger partial charge in [0, 0.05) is 10.8 Å². The van der Waals surface area contributed by atoms with E-state index in [0.29, 0.717) is 10.4 Å². The summed E-state index contributed by atoms with van der Waals surface area (Å²) in [6.07, 6.45) is 1.13. The molecule has 1 atom stereocenters. The van der Waals surface area contributed by atoms with Gasteiger partial charge in [0.15, 0.2) is 0 Å². The fourth-order valence-electron chi connectivity index (χ4n) is 0.959. The van der Waals surface area contributed by atoms with Crippen LogP contribution in [0.3, 0.4) is 0 Å². The lowest BCUT2D eigenvalue weighted by Gasteiger charge is -2.10. The number of aryl methyl sites for hydroxylation is 1. The van der Waals surface area contributed by atoms with Crippen molar-refractivity contribution in [3.05, 3.63) is 16.5 Å². The van der Waals surface area contributed by atoms with Gasteiger partial charge in [0.25, 0.3) is 0 Å². The van der Waals surface area contributed by atoms with E-state index < -0.39 is 0 Å². The predicted octanol–water partition coefficient (Wildman–Crippen LogP) is 3.64. The van der Waals surface area contributed by atoms with Gasteiger partial charge < -0.3 is 0 Å². The molecular weight excluding hydrogens is 216 g/mol. The summed E-state index contributed by atoms with van der Waals surface area (Å²) in [4.78, 5) is 8.50. The van der Waals surface area contributed by atoms with Gasteiger partial charge in [-0.3, -0.25) is 0 Å². The van der Waals surface area contributed by atoms with Crippen molar-refractivity contribution in [3.63, 3.8) is 0 Å². The van der Waals surface area contributed by atoms with Crippen LogP contribution in [0.25, 0.3) is 0 Å². The third kappa shape index (κ3) is 2.85. The molecule has 1 rings (SSSR count). The summed E-state index contributed by atoms with van der Waals surface area (Å²) < 4.78 is 0. The SMILES string of the molecule is CCC(C)Sc1nc(C)nc(Cl)c1C. The van der Waals surface area contributed by atoms with E-state index >= 15 is 0 Å². The number of rotatable bonds is 3. The van der Waals surface area contributed by atoms with Gasteiger partial charge in [0.1, 0.15) is 16.0 Å². The average Bonchev–Trinajstić information content (AvgIpc) is 2.13. The first-order chi connectivity index (χ1) is 6.54. The number of nitrogens with zero attached hydrogens (tertiary/aromatic N) is 2. The highest BCUT2D eigenvalue weighted by atomic mass is 35.5. The van der Waals surface area contributed by atoms with Crippen molar-refractivity contribution in [1.29, 1.82) is 0 Å². The largest absolute Gasteiger partial charge is 0.227 e. The fraction of sp³-hybridized carbons (Fsp3) is 0.600. The van der Waals surface area contributed by atoms with E-state index in [1.165, 1.54) is 0 Å². The minimum atomic E-state index is 0.569. The van der Waals surface area contributed by atoms with Gasteiger partial charge in [-0.15, -0.1) is 11.8 Å². The first-order valence-electron chi connectivity index (χ1n) is 4.72. The van der Waals surface area contributed by atoms with Gasteiger partial charge in [-0.2, -0.15) is 0 Å². The Bertz CT molecular complexity index is 328. The van der Waals surface area contributed by atoms with Crippen LogP contribution in [0, 0.1) is 13.8 Å². The molecule has 1 unspecified atom stereocenters. The molecule has 78 valence electrons. The minimum Gasteiger partial charge on any atom is -0.227 e. The van der Waals surface area contributed by atoms with Crippen molar-refractivity contribution < 1.29 is 0 Å². The molecule has 0 aliphatic rings. The molecule has 1 aromatic heterocycles. The van der Waals surface area contributed by atoms with E-state index in [9.17, 15) is 0 Å². The second-order valence-corrected chi connectivity index (χ2v) is 5.11. The molecule has 2 nitrogen and oxygen atoms in total. The lowest BCUT2D eigenvalue weighted by atomic mass is 10.4. The first kappa shape index (κ1) is 11.8. The van der Waals surface area contributed by atoms with Crippen LogP contribution in [0.5, 0.6) is 0 Å². The number of halogens is 1. The maximum Gasteiger partial charge on any atom is 0.136 e. The highest BCUT2D eigenvalue weighted by molar-refractivity contribution is 7.99. The highest BCUT2D eigenvalue weighted by Crippen LogP contribution is 2.28. The lowest BCUT2D eigenvalue weighted by Crippen LogP contribution is -1.99. The van der Waals surface area contributed by atoms with Gasteiger partial charge in [-0.05, 0) is 20.3 Å². The van der Waals surface area contributed by atoms with E-state index in [1.54, 1.807) is 11.8 Å². The standard InChI is InChI=1S/C10H15ClN2S/c1-5-6(2)14-10-7(3)9(11)12-8(4)13-10/h6H,5H2,1-4H3. The van der Waals surface area contributed by atoms with E-state index in [-0.39, 0.29) is 0 Å². The van der Waals surface area contributed by atoms with Crippen molar-refractivity contribution in [2.75, 3.05) is 0 Å². The van der Waals surface area contributed by atoms with E-state index in [4.69, 9.17) is 11.6 Å². The Morgan fingerprint density at radius 1 is 1.36 bits per heavy atom. The van der Waals surface area contributed by atoms with Crippen LogP contribution in [0.15, 0.2) is 5.03 Å². The van der Waals surface area contributed by atoms with Crippen molar-refractivity contribution in [2.45, 2.75) is 44.4 Å². The molecule has 14 heavy (non-hydrogen) atoms. The molecular formula is C10H15ClN2S. The molecule has 0 amide bonds. The quantitative estimate of drug-likeness (QED) is 0.586. The van der Waals surface area contributed by atoms with E-state index in [0.717, 1.165) is 22.8 Å². The molecule has 0 aliphatic heterocycles. The van der Waals surface area contributed by atoms with E-state index in [2.05, 4.69) is 23.8 Å². The monoisotopic (exact) mass is 230 g/mol. The Morgan fingerprint density at radius 3 is 2.57 bits per heavy atom. The molecule has 0 aliphatic carbocycles. The molecule has 0 aromatic carbocycles. The highest BCUT2D eigenvalue weighted by Gasteiger charge is 2.10. The van der Waals surface area contributed by atoms with Crippen molar-refractivity contribution in [1.82, 2.24) is 9.97 Å². The van der Waals surface area contributed by atoms with Crippen molar-refractivity contribution >= 4 is 23.4 Å². The number of hydrogen-bond donors (Lipinski definition) is 0. The molecule has 1 aromatic rings. The smallest absolute Gasteiger partial charge is 0.136 e. The first-order valence-corrected chi connectivity index (χ1v) is 5.97. The molecule has 0 spiro atoms. The summed E-state index contributed by atoms with van der Waals surface area (Å²) >= 11 is 7.74. The normalized spacial score (nSPS) is 12.9. The topological polar surface area (TPSA) is 25.8 Å². The molecule has 0 saturated carbocycles. The fourth-order valence-corrected chi connectivity index (χ4v) is 2.23. The summed E-state index contributed by atoms with van der Waals surface area (Å²) in [6.45, 7) is 8.19. The van der Waals surface area contributed by atoms with Crippen molar-refractivity contribution in [2.24, 2.45) is 0 Å². The molecule has 0 radical (unpaired) electrons. The van der Waals surface area contributed by atoms with Crippen LogP contribution in [0.2, 0.25) is 5.15 Å². The third-order valence-corrected chi connectivity index (χ3v) is 3.77. The molecule has 4 heteroatoms. The molecule has 0 bridgehead atoms. The number of aromatic nitrogens is 2. The second-order valence-electron chi connectivity index (χ2n) is 3.33. The summed E-state index contributed by atoms with van der Waals surface area (Å²) in [5, 5.41) is 2.15. The lowest BCUT2D eigenvalue weighted by molar-refractivity contribution is 0.886. The zero-order chi connectivity index (χ0) is 10.7. The van der Waals surface area contributed by atoms with E-state index in [1.807, 2.05) is 13.8 Å². The van der Waals surface area contributed by atoms with Gasteiger partial charge in [-0.25, -0.2) is 9.97 Å². The van der Waals surface area contributed by atoms with Gasteiger partial charge in [0.05, 0.1) is 0 Å². The third-order valence-electron chi connectivity index (χ3n) is 2.04. The van der Waals surface area contributed by atoms with Crippen LogP contribution in [0.1, 0.15) is 31.7 Å². The van der Waals surface area contributed by atoms with Gasteiger partial charge >= 0.3 is 0 Å². The summed E-state index contributed by atoms with van der Waals surface area (Å²) in [6, 6.07) is 0.